The highest BCUT2D eigenvalue weighted by molar-refractivity contribution is 6.00. The first-order valence-corrected chi connectivity index (χ1v) is 14.1. The van der Waals surface area contributed by atoms with Gasteiger partial charge in [-0.3, -0.25) is 5.10 Å². The summed E-state index contributed by atoms with van der Waals surface area (Å²) >= 11 is 0. The van der Waals surface area contributed by atoms with E-state index in [-0.39, 0.29) is 5.82 Å². The summed E-state index contributed by atoms with van der Waals surface area (Å²) in [6.45, 7) is 7.94. The van der Waals surface area contributed by atoms with Crippen LogP contribution >= 0.6 is 0 Å². The van der Waals surface area contributed by atoms with Gasteiger partial charge in [-0.1, -0.05) is 55.8 Å². The van der Waals surface area contributed by atoms with Gasteiger partial charge in [0.15, 0.2) is 0 Å². The van der Waals surface area contributed by atoms with Crippen LogP contribution in [0.2, 0.25) is 0 Å². The predicted molar refractivity (Wildman–Crippen MR) is 163 cm³/mol. The van der Waals surface area contributed by atoms with Crippen LogP contribution in [0.3, 0.4) is 0 Å². The standard InChI is InChI=1S/C34H34FN5/c1-3-22(20-36-21-23-8-5-6-9-23)18-24(4-2)29-16-17-31-33(38-29)34(40-39-31)32-19-28-27(10-7-11-30(28)37-32)25-12-14-26(35)15-13-25/h3-4,7,10-19,23,36-37H,1,5-6,8-9,20-21H2,2H3,(H,39,40)/b22-18+,24-4+. The quantitative estimate of drug-likeness (QED) is 0.168. The van der Waals surface area contributed by atoms with Crippen molar-refractivity contribution in [2.75, 3.05) is 13.1 Å². The monoisotopic (exact) mass is 531 g/mol. The van der Waals surface area contributed by atoms with Gasteiger partial charge in [0.2, 0.25) is 0 Å². The van der Waals surface area contributed by atoms with Crippen LogP contribution in [0.1, 0.15) is 38.3 Å². The van der Waals surface area contributed by atoms with Gasteiger partial charge in [0, 0.05) is 17.4 Å². The van der Waals surface area contributed by atoms with E-state index in [0.717, 1.165) is 80.3 Å². The molecule has 0 radical (unpaired) electrons. The molecule has 0 spiro atoms. The van der Waals surface area contributed by atoms with Crippen molar-refractivity contribution in [2.24, 2.45) is 5.92 Å². The van der Waals surface area contributed by atoms with Gasteiger partial charge in [0.05, 0.1) is 16.9 Å². The normalized spacial score (nSPS) is 14.9. The molecular formula is C34H34FN5. The van der Waals surface area contributed by atoms with E-state index in [9.17, 15) is 4.39 Å². The largest absolute Gasteiger partial charge is 0.353 e. The van der Waals surface area contributed by atoms with Crippen LogP contribution in [0.4, 0.5) is 4.39 Å². The molecule has 202 valence electrons. The molecule has 0 bridgehead atoms. The molecule has 2 aromatic carbocycles. The van der Waals surface area contributed by atoms with Crippen molar-refractivity contribution in [1.29, 1.82) is 0 Å². The second-order valence-corrected chi connectivity index (χ2v) is 10.6. The van der Waals surface area contributed by atoms with Crippen molar-refractivity contribution >= 4 is 27.5 Å². The molecule has 1 aliphatic carbocycles. The summed E-state index contributed by atoms with van der Waals surface area (Å²) in [4.78, 5) is 8.57. The van der Waals surface area contributed by atoms with E-state index in [0.29, 0.717) is 0 Å². The minimum atomic E-state index is -0.244. The van der Waals surface area contributed by atoms with Gasteiger partial charge < -0.3 is 10.3 Å². The van der Waals surface area contributed by atoms with Crippen LogP contribution in [0.25, 0.3) is 50.0 Å². The third-order valence-electron chi connectivity index (χ3n) is 7.93. The number of halogens is 1. The molecule has 0 aliphatic heterocycles. The Labute approximate surface area is 233 Å². The number of aromatic nitrogens is 4. The lowest BCUT2D eigenvalue weighted by molar-refractivity contribution is 0.503. The van der Waals surface area contributed by atoms with Gasteiger partial charge in [0.1, 0.15) is 17.0 Å². The molecule has 0 saturated heterocycles. The second-order valence-electron chi connectivity index (χ2n) is 10.6. The maximum absolute atomic E-state index is 13.5. The smallest absolute Gasteiger partial charge is 0.135 e. The minimum Gasteiger partial charge on any atom is -0.353 e. The molecule has 3 aromatic heterocycles. The van der Waals surface area contributed by atoms with E-state index in [1.165, 1.54) is 37.8 Å². The Balaban J connectivity index is 1.30. The first-order valence-electron chi connectivity index (χ1n) is 14.1. The van der Waals surface area contributed by atoms with Crippen molar-refractivity contribution in [2.45, 2.75) is 32.6 Å². The lowest BCUT2D eigenvalue weighted by atomic mass is 10.0. The van der Waals surface area contributed by atoms with Gasteiger partial charge in [0.25, 0.3) is 0 Å². The fourth-order valence-corrected chi connectivity index (χ4v) is 5.73. The fourth-order valence-electron chi connectivity index (χ4n) is 5.73. The number of nitrogens with one attached hydrogen (secondary N) is 3. The van der Waals surface area contributed by atoms with Gasteiger partial charge in [-0.25, -0.2) is 9.37 Å². The molecule has 0 amide bonds. The molecule has 1 saturated carbocycles. The van der Waals surface area contributed by atoms with E-state index in [1.54, 1.807) is 0 Å². The highest BCUT2D eigenvalue weighted by atomic mass is 19.1. The summed E-state index contributed by atoms with van der Waals surface area (Å²) in [5.41, 5.74) is 9.38. The first kappa shape index (κ1) is 26.0. The summed E-state index contributed by atoms with van der Waals surface area (Å²) < 4.78 is 13.5. The lowest BCUT2D eigenvalue weighted by Crippen LogP contribution is -2.23. The molecule has 6 heteroatoms. The van der Waals surface area contributed by atoms with Gasteiger partial charge in [-0.2, -0.15) is 5.10 Å². The molecule has 3 heterocycles. The molecule has 0 atom stereocenters. The minimum absolute atomic E-state index is 0.244. The van der Waals surface area contributed by atoms with Crippen LogP contribution in [0.15, 0.2) is 91.0 Å². The number of hydrogen-bond donors (Lipinski definition) is 3. The topological polar surface area (TPSA) is 69.4 Å². The summed E-state index contributed by atoms with van der Waals surface area (Å²) in [5.74, 6) is 0.554. The Morgan fingerprint density at radius 2 is 1.90 bits per heavy atom. The zero-order valence-electron chi connectivity index (χ0n) is 22.8. The zero-order valence-corrected chi connectivity index (χ0v) is 22.8. The van der Waals surface area contributed by atoms with E-state index < -0.39 is 0 Å². The van der Waals surface area contributed by atoms with Gasteiger partial charge in [-0.05, 0) is 97.0 Å². The SMILES string of the molecule is C=C/C(=C\C(=C/C)c1ccc2[nH]nc(-c3cc4c(-c5ccc(F)cc5)cccc4[nH]3)c2n1)CNCC1CCCC1. The molecule has 40 heavy (non-hydrogen) atoms. The highest BCUT2D eigenvalue weighted by Gasteiger charge is 2.16. The van der Waals surface area contributed by atoms with Crippen molar-refractivity contribution in [3.8, 4) is 22.5 Å². The molecule has 1 fully saturated rings. The van der Waals surface area contributed by atoms with E-state index >= 15 is 0 Å². The van der Waals surface area contributed by atoms with Crippen LogP contribution in [0.5, 0.6) is 0 Å². The first-order chi connectivity index (χ1) is 19.6. The molecule has 5 nitrogen and oxygen atoms in total. The number of rotatable bonds is 9. The van der Waals surface area contributed by atoms with Crippen molar-refractivity contribution in [3.63, 3.8) is 0 Å². The second kappa shape index (κ2) is 11.4. The Kier molecular flexibility index (Phi) is 7.43. The average Bonchev–Trinajstić information content (AvgIpc) is 3.74. The van der Waals surface area contributed by atoms with E-state index in [2.05, 4.69) is 51.4 Å². The molecule has 1 aliphatic rings. The number of aromatic amines is 2. The highest BCUT2D eigenvalue weighted by Crippen LogP contribution is 2.34. The number of fused-ring (bicyclic) bond motifs is 2. The van der Waals surface area contributed by atoms with Crippen molar-refractivity contribution in [3.05, 3.63) is 103 Å². The number of hydrogen-bond acceptors (Lipinski definition) is 3. The van der Waals surface area contributed by atoms with E-state index in [1.807, 2.05) is 49.4 Å². The summed E-state index contributed by atoms with van der Waals surface area (Å²) in [7, 11) is 0. The van der Waals surface area contributed by atoms with Gasteiger partial charge in [-0.15, -0.1) is 0 Å². The maximum Gasteiger partial charge on any atom is 0.135 e. The fraction of sp³-hybridized carbons (Fsp3) is 0.235. The third-order valence-corrected chi connectivity index (χ3v) is 7.93. The maximum atomic E-state index is 13.5. The van der Waals surface area contributed by atoms with Crippen molar-refractivity contribution in [1.82, 2.24) is 25.5 Å². The van der Waals surface area contributed by atoms with Crippen LogP contribution in [0, 0.1) is 11.7 Å². The number of nitrogens with zero attached hydrogens (tertiary/aromatic N) is 2. The third kappa shape index (κ3) is 5.27. The lowest BCUT2D eigenvalue weighted by Gasteiger charge is -2.11. The summed E-state index contributed by atoms with van der Waals surface area (Å²) in [6.07, 6.45) is 11.6. The van der Waals surface area contributed by atoms with Gasteiger partial charge >= 0.3 is 0 Å². The number of H-pyrrole nitrogens is 2. The van der Waals surface area contributed by atoms with Crippen molar-refractivity contribution < 1.29 is 4.39 Å². The number of benzene rings is 2. The number of allylic oxidation sites excluding steroid dienone is 3. The molecule has 6 rings (SSSR count). The Morgan fingerprint density at radius 1 is 1.07 bits per heavy atom. The molecule has 3 N–H and O–H groups in total. The number of pyridine rings is 1. The molecular weight excluding hydrogens is 497 g/mol. The average molecular weight is 532 g/mol. The summed E-state index contributed by atoms with van der Waals surface area (Å²) in [5, 5.41) is 12.4. The van der Waals surface area contributed by atoms with Crippen LogP contribution in [-0.4, -0.2) is 33.3 Å². The van der Waals surface area contributed by atoms with Crippen LogP contribution < -0.4 is 5.32 Å². The Bertz CT molecular complexity index is 1710. The Morgan fingerprint density at radius 3 is 2.67 bits per heavy atom. The molecule has 5 aromatic rings. The molecule has 0 unspecified atom stereocenters. The summed E-state index contributed by atoms with van der Waals surface area (Å²) in [6, 6.07) is 18.9. The predicted octanol–water partition coefficient (Wildman–Crippen LogP) is 8.21. The van der Waals surface area contributed by atoms with Crippen LogP contribution in [-0.2, 0) is 0 Å². The Hall–Kier alpha value is -4.29. The van der Waals surface area contributed by atoms with E-state index in [4.69, 9.17) is 4.98 Å². The zero-order chi connectivity index (χ0) is 27.5.